The molecule has 0 radical (unpaired) electrons. The summed E-state index contributed by atoms with van der Waals surface area (Å²) in [6.07, 6.45) is -2.58. The second-order valence-electron chi connectivity index (χ2n) is 6.32. The van der Waals surface area contributed by atoms with E-state index in [9.17, 15) is 13.2 Å². The van der Waals surface area contributed by atoms with E-state index in [1.165, 1.54) is 0 Å². The molecule has 1 heterocycles. The van der Waals surface area contributed by atoms with Crippen molar-refractivity contribution in [3.63, 3.8) is 0 Å². The smallest absolute Gasteiger partial charge is 0.361 e. The first-order valence-corrected chi connectivity index (χ1v) is 7.34. The standard InChI is InChI=1S/C16H22F3NO/c1-9(2)7-12-8-13(16(17,18)19)5-6-14(12)15-10(3)20-21-11(15)4/h12-14H,1,5-8H2,2-4H3. The van der Waals surface area contributed by atoms with Crippen molar-refractivity contribution in [3.8, 4) is 0 Å². The van der Waals surface area contributed by atoms with Crippen molar-refractivity contribution in [3.05, 3.63) is 29.2 Å². The van der Waals surface area contributed by atoms with E-state index in [-0.39, 0.29) is 24.7 Å². The number of allylic oxidation sites excluding steroid dienone is 1. The predicted molar refractivity (Wildman–Crippen MR) is 75.0 cm³/mol. The number of nitrogens with zero attached hydrogens (tertiary/aromatic N) is 1. The van der Waals surface area contributed by atoms with Gasteiger partial charge in [0.05, 0.1) is 11.6 Å². The van der Waals surface area contributed by atoms with Crippen LogP contribution >= 0.6 is 0 Å². The summed E-state index contributed by atoms with van der Waals surface area (Å²) in [5.41, 5.74) is 2.73. The highest BCUT2D eigenvalue weighted by Gasteiger charge is 2.45. The second kappa shape index (κ2) is 5.85. The molecule has 2 rings (SSSR count). The monoisotopic (exact) mass is 301 g/mol. The van der Waals surface area contributed by atoms with E-state index in [1.807, 2.05) is 20.8 Å². The zero-order chi connectivity index (χ0) is 15.8. The molecule has 0 bridgehead atoms. The number of aromatic nitrogens is 1. The quantitative estimate of drug-likeness (QED) is 0.706. The van der Waals surface area contributed by atoms with E-state index in [1.54, 1.807) is 0 Å². The summed E-state index contributed by atoms with van der Waals surface area (Å²) in [5.74, 6) is -0.417. The lowest BCUT2D eigenvalue weighted by atomic mass is 9.68. The Bertz CT molecular complexity index is 499. The van der Waals surface area contributed by atoms with E-state index >= 15 is 0 Å². The lowest BCUT2D eigenvalue weighted by molar-refractivity contribution is -0.186. The maximum absolute atomic E-state index is 13.0. The van der Waals surface area contributed by atoms with E-state index in [2.05, 4.69) is 11.7 Å². The van der Waals surface area contributed by atoms with Crippen LogP contribution in [0.2, 0.25) is 0 Å². The average molecular weight is 301 g/mol. The molecular weight excluding hydrogens is 279 g/mol. The summed E-state index contributed by atoms with van der Waals surface area (Å²) < 4.78 is 44.3. The largest absolute Gasteiger partial charge is 0.391 e. The van der Waals surface area contributed by atoms with Crippen LogP contribution in [0, 0.1) is 25.7 Å². The maximum atomic E-state index is 13.0. The van der Waals surface area contributed by atoms with Gasteiger partial charge in [0.2, 0.25) is 0 Å². The molecule has 0 spiro atoms. The molecule has 2 nitrogen and oxygen atoms in total. The molecular formula is C16H22F3NO. The number of hydrogen-bond donors (Lipinski definition) is 0. The number of halogens is 3. The highest BCUT2D eigenvalue weighted by atomic mass is 19.4. The van der Waals surface area contributed by atoms with Gasteiger partial charge in [0, 0.05) is 5.56 Å². The van der Waals surface area contributed by atoms with Gasteiger partial charge in [-0.3, -0.25) is 0 Å². The highest BCUT2D eigenvalue weighted by Crippen LogP contribution is 2.49. The number of hydrogen-bond acceptors (Lipinski definition) is 2. The van der Waals surface area contributed by atoms with E-state index in [0.717, 1.165) is 22.6 Å². The van der Waals surface area contributed by atoms with Crippen molar-refractivity contribution < 1.29 is 17.7 Å². The molecule has 1 aromatic heterocycles. The van der Waals surface area contributed by atoms with Gasteiger partial charge in [-0.25, -0.2) is 0 Å². The Kier molecular flexibility index (Phi) is 4.49. The molecule has 0 saturated heterocycles. The normalized spacial score (nSPS) is 26.9. The molecule has 1 aromatic rings. The molecule has 1 saturated carbocycles. The summed E-state index contributed by atoms with van der Waals surface area (Å²) in [6, 6.07) is 0. The van der Waals surface area contributed by atoms with Gasteiger partial charge in [0.15, 0.2) is 0 Å². The van der Waals surface area contributed by atoms with Gasteiger partial charge in [0.25, 0.3) is 0 Å². The Labute approximate surface area is 123 Å². The van der Waals surface area contributed by atoms with Gasteiger partial charge >= 0.3 is 6.18 Å². The molecule has 118 valence electrons. The van der Waals surface area contributed by atoms with Crippen LogP contribution in [0.5, 0.6) is 0 Å². The SMILES string of the molecule is C=C(C)CC1CC(C(F)(F)F)CCC1c1c(C)noc1C. The van der Waals surface area contributed by atoms with Crippen molar-refractivity contribution in [2.45, 2.75) is 58.5 Å². The first-order chi connectivity index (χ1) is 9.70. The lowest BCUT2D eigenvalue weighted by Gasteiger charge is -2.37. The van der Waals surface area contributed by atoms with E-state index in [0.29, 0.717) is 12.8 Å². The number of rotatable bonds is 3. The van der Waals surface area contributed by atoms with Crippen LogP contribution in [0.1, 0.15) is 55.5 Å². The summed E-state index contributed by atoms with van der Waals surface area (Å²) in [7, 11) is 0. The third-order valence-corrected chi connectivity index (χ3v) is 4.52. The molecule has 3 atom stereocenters. The van der Waals surface area contributed by atoms with Gasteiger partial charge in [-0.2, -0.15) is 13.2 Å². The third kappa shape index (κ3) is 3.50. The van der Waals surface area contributed by atoms with Gasteiger partial charge in [0.1, 0.15) is 5.76 Å². The Balaban J connectivity index is 2.27. The Morgan fingerprint density at radius 2 is 2.00 bits per heavy atom. The molecule has 0 aromatic carbocycles. The molecule has 0 aliphatic heterocycles. The topological polar surface area (TPSA) is 26.0 Å². The maximum Gasteiger partial charge on any atom is 0.391 e. The molecule has 5 heteroatoms. The van der Waals surface area contributed by atoms with E-state index < -0.39 is 12.1 Å². The zero-order valence-electron chi connectivity index (χ0n) is 12.8. The van der Waals surface area contributed by atoms with Crippen molar-refractivity contribution in [2.24, 2.45) is 11.8 Å². The van der Waals surface area contributed by atoms with Crippen LogP contribution < -0.4 is 0 Å². The average Bonchev–Trinajstić information content (AvgIpc) is 2.67. The fourth-order valence-electron chi connectivity index (χ4n) is 3.63. The summed E-state index contributed by atoms with van der Waals surface area (Å²) in [5, 5.41) is 3.95. The van der Waals surface area contributed by atoms with Crippen molar-refractivity contribution >= 4 is 0 Å². The zero-order valence-corrected chi connectivity index (χ0v) is 12.8. The lowest BCUT2D eigenvalue weighted by Crippen LogP contribution is -2.32. The molecule has 1 aliphatic rings. The Morgan fingerprint density at radius 3 is 2.48 bits per heavy atom. The fourth-order valence-corrected chi connectivity index (χ4v) is 3.63. The summed E-state index contributed by atoms with van der Waals surface area (Å²) >= 11 is 0. The molecule has 21 heavy (non-hydrogen) atoms. The van der Waals surface area contributed by atoms with Gasteiger partial charge in [-0.1, -0.05) is 10.7 Å². The number of alkyl halides is 3. The van der Waals surface area contributed by atoms with Crippen LogP contribution in [0.15, 0.2) is 16.7 Å². The van der Waals surface area contributed by atoms with Gasteiger partial charge in [-0.15, -0.1) is 6.58 Å². The first-order valence-electron chi connectivity index (χ1n) is 7.34. The fraction of sp³-hybridized carbons (Fsp3) is 0.688. The van der Waals surface area contributed by atoms with E-state index in [4.69, 9.17) is 4.52 Å². The minimum atomic E-state index is -4.10. The Hall–Kier alpha value is -1.26. The summed E-state index contributed by atoms with van der Waals surface area (Å²) in [6.45, 7) is 9.45. The molecule has 0 N–H and O–H groups in total. The summed E-state index contributed by atoms with van der Waals surface area (Å²) in [4.78, 5) is 0. The minimum absolute atomic E-state index is 0.0420. The molecule has 1 fully saturated rings. The van der Waals surface area contributed by atoms with Crippen LogP contribution in [0.4, 0.5) is 13.2 Å². The van der Waals surface area contributed by atoms with Crippen molar-refractivity contribution in [2.75, 3.05) is 0 Å². The van der Waals surface area contributed by atoms with Crippen LogP contribution in [-0.2, 0) is 0 Å². The van der Waals surface area contributed by atoms with Crippen molar-refractivity contribution in [1.82, 2.24) is 5.16 Å². The molecule has 3 unspecified atom stereocenters. The van der Waals surface area contributed by atoms with Crippen LogP contribution in [-0.4, -0.2) is 11.3 Å². The minimum Gasteiger partial charge on any atom is -0.361 e. The van der Waals surface area contributed by atoms with Crippen LogP contribution in [0.3, 0.4) is 0 Å². The van der Waals surface area contributed by atoms with Crippen molar-refractivity contribution in [1.29, 1.82) is 0 Å². The third-order valence-electron chi connectivity index (χ3n) is 4.52. The van der Waals surface area contributed by atoms with Crippen LogP contribution in [0.25, 0.3) is 0 Å². The highest BCUT2D eigenvalue weighted by molar-refractivity contribution is 5.27. The molecule has 0 amide bonds. The van der Waals surface area contributed by atoms with Gasteiger partial charge < -0.3 is 4.52 Å². The van der Waals surface area contributed by atoms with Gasteiger partial charge in [-0.05, 0) is 58.3 Å². The Morgan fingerprint density at radius 1 is 1.33 bits per heavy atom. The predicted octanol–water partition coefficient (Wildman–Crippen LogP) is 5.32. The first kappa shape index (κ1) is 16.1. The molecule has 1 aliphatic carbocycles. The second-order valence-corrected chi connectivity index (χ2v) is 6.32. The number of aryl methyl sites for hydroxylation is 2.